The van der Waals surface area contributed by atoms with Gasteiger partial charge in [0.25, 0.3) is 0 Å². The van der Waals surface area contributed by atoms with Gasteiger partial charge in [0, 0.05) is 3.57 Å². The Morgan fingerprint density at radius 3 is 2.26 bits per heavy atom. The van der Waals surface area contributed by atoms with E-state index < -0.39 is 27.8 Å². The molecule has 0 saturated carbocycles. The van der Waals surface area contributed by atoms with Crippen LogP contribution in [0, 0.1) is 3.57 Å². The van der Waals surface area contributed by atoms with Crippen LogP contribution in [0.25, 0.3) is 0 Å². The van der Waals surface area contributed by atoms with Crippen molar-refractivity contribution in [2.24, 2.45) is 4.40 Å². The molecule has 0 heterocycles. The molecular weight excluding hydrogens is 390 g/mol. The topological polar surface area (TPSA) is 35.4 Å². The van der Waals surface area contributed by atoms with Gasteiger partial charge in [0.2, 0.25) is 0 Å². The van der Waals surface area contributed by atoms with Gasteiger partial charge in [-0.1, -0.05) is 4.40 Å². The number of hydrogen-bond acceptors (Lipinski definition) is 2. The fraction of sp³-hybridized carbons (Fsp3) is 0.417. The first-order valence-electron chi connectivity index (χ1n) is 5.34. The van der Waals surface area contributed by atoms with Gasteiger partial charge in [0.1, 0.15) is 16.1 Å². The maximum Gasteiger partial charge on any atom is 0.416 e. The Bertz CT molecular complexity index is 483. The SMILES string of the molecule is CC(C)(C)[S+]([O-])N=Cc1cc(I)cc(C(F)(F)F)c1. The van der Waals surface area contributed by atoms with E-state index in [1.54, 1.807) is 49.4 Å². The largest absolute Gasteiger partial charge is 0.591 e. The molecule has 0 N–H and O–H groups in total. The molecule has 0 amide bonds. The van der Waals surface area contributed by atoms with E-state index >= 15 is 0 Å². The van der Waals surface area contributed by atoms with Crippen LogP contribution in [0.3, 0.4) is 0 Å². The van der Waals surface area contributed by atoms with Crippen LogP contribution < -0.4 is 0 Å². The standard InChI is InChI=1S/C12H13F3INOS/c1-11(2,3)19(18)17-7-8-4-9(12(13,14)15)6-10(16)5-8/h4-7H,1-3H3. The lowest BCUT2D eigenvalue weighted by atomic mass is 10.1. The lowest BCUT2D eigenvalue weighted by molar-refractivity contribution is -0.137. The summed E-state index contributed by atoms with van der Waals surface area (Å²) in [6.45, 7) is 5.24. The van der Waals surface area contributed by atoms with E-state index in [1.807, 2.05) is 0 Å². The lowest BCUT2D eigenvalue weighted by Crippen LogP contribution is -2.25. The van der Waals surface area contributed by atoms with Crippen molar-refractivity contribution in [1.82, 2.24) is 0 Å². The predicted octanol–water partition coefficient (Wildman–Crippen LogP) is 4.19. The zero-order valence-corrected chi connectivity index (χ0v) is 13.6. The van der Waals surface area contributed by atoms with Gasteiger partial charge in [-0.3, -0.25) is 0 Å². The molecule has 0 aliphatic rings. The second-order valence-electron chi connectivity index (χ2n) is 4.87. The summed E-state index contributed by atoms with van der Waals surface area (Å²) in [5.74, 6) is 0. The summed E-state index contributed by atoms with van der Waals surface area (Å²) >= 11 is 0.320. The Morgan fingerprint density at radius 2 is 1.79 bits per heavy atom. The highest BCUT2D eigenvalue weighted by molar-refractivity contribution is 14.1. The van der Waals surface area contributed by atoms with Crippen LogP contribution >= 0.6 is 22.6 Å². The molecule has 1 aromatic carbocycles. The lowest BCUT2D eigenvalue weighted by Gasteiger charge is -2.17. The van der Waals surface area contributed by atoms with E-state index in [1.165, 1.54) is 6.21 Å². The Morgan fingerprint density at radius 1 is 1.21 bits per heavy atom. The number of halogens is 4. The van der Waals surface area contributed by atoms with Gasteiger partial charge in [-0.05, 0) is 67.1 Å². The van der Waals surface area contributed by atoms with Crippen LogP contribution in [0.2, 0.25) is 0 Å². The van der Waals surface area contributed by atoms with Crippen LogP contribution in [-0.2, 0) is 17.5 Å². The van der Waals surface area contributed by atoms with Gasteiger partial charge in [-0.2, -0.15) is 13.2 Å². The van der Waals surface area contributed by atoms with Crippen molar-refractivity contribution < 1.29 is 17.7 Å². The monoisotopic (exact) mass is 403 g/mol. The van der Waals surface area contributed by atoms with Crippen molar-refractivity contribution in [3.8, 4) is 0 Å². The molecule has 19 heavy (non-hydrogen) atoms. The van der Waals surface area contributed by atoms with E-state index in [0.29, 0.717) is 3.57 Å². The molecule has 1 unspecified atom stereocenters. The first-order valence-corrected chi connectivity index (χ1v) is 7.52. The highest BCUT2D eigenvalue weighted by Crippen LogP contribution is 2.30. The average molecular weight is 403 g/mol. The summed E-state index contributed by atoms with van der Waals surface area (Å²) < 4.78 is 53.3. The minimum Gasteiger partial charge on any atom is -0.591 e. The molecule has 1 atom stereocenters. The normalized spacial score (nSPS) is 14.9. The molecule has 7 heteroatoms. The van der Waals surface area contributed by atoms with Crippen molar-refractivity contribution in [2.45, 2.75) is 31.7 Å². The van der Waals surface area contributed by atoms with Gasteiger partial charge in [-0.25, -0.2) is 0 Å². The maximum atomic E-state index is 12.6. The van der Waals surface area contributed by atoms with Crippen LogP contribution in [0.5, 0.6) is 0 Å². The second-order valence-corrected chi connectivity index (χ2v) is 8.05. The van der Waals surface area contributed by atoms with E-state index in [4.69, 9.17) is 0 Å². The molecule has 1 aromatic rings. The van der Waals surface area contributed by atoms with Gasteiger partial charge in [0.15, 0.2) is 0 Å². The van der Waals surface area contributed by atoms with Gasteiger partial charge in [-0.15, -0.1) is 0 Å². The van der Waals surface area contributed by atoms with Gasteiger partial charge in [0.05, 0.1) is 11.8 Å². The van der Waals surface area contributed by atoms with Crippen molar-refractivity contribution in [3.63, 3.8) is 0 Å². The van der Waals surface area contributed by atoms with E-state index in [0.717, 1.165) is 12.1 Å². The number of nitrogens with zero attached hydrogens (tertiary/aromatic N) is 1. The smallest absolute Gasteiger partial charge is 0.416 e. The Kier molecular flexibility index (Phi) is 5.30. The van der Waals surface area contributed by atoms with Gasteiger partial charge < -0.3 is 4.55 Å². The van der Waals surface area contributed by atoms with Crippen molar-refractivity contribution in [3.05, 3.63) is 32.9 Å². The van der Waals surface area contributed by atoms with E-state index in [9.17, 15) is 17.7 Å². The first-order chi connectivity index (χ1) is 8.50. The van der Waals surface area contributed by atoms with Crippen LogP contribution in [0.15, 0.2) is 22.6 Å². The average Bonchev–Trinajstić information content (AvgIpc) is 2.22. The van der Waals surface area contributed by atoms with Crippen molar-refractivity contribution >= 4 is 40.2 Å². The Hall–Kier alpha value is -0.280. The van der Waals surface area contributed by atoms with Crippen LogP contribution in [-0.4, -0.2) is 15.5 Å². The summed E-state index contributed by atoms with van der Waals surface area (Å²) in [5.41, 5.74) is -0.445. The zero-order valence-electron chi connectivity index (χ0n) is 10.6. The summed E-state index contributed by atoms with van der Waals surface area (Å²) in [6.07, 6.45) is -3.17. The Labute approximate surface area is 127 Å². The zero-order chi connectivity index (χ0) is 14.8. The minimum absolute atomic E-state index is 0.289. The third-order valence-corrected chi connectivity index (χ3v) is 4.04. The molecule has 0 aliphatic carbocycles. The molecule has 0 saturated heterocycles. The van der Waals surface area contributed by atoms with Crippen molar-refractivity contribution in [2.75, 3.05) is 0 Å². The van der Waals surface area contributed by atoms with Crippen LogP contribution in [0.1, 0.15) is 31.9 Å². The minimum atomic E-state index is -4.40. The molecule has 0 aliphatic heterocycles. The number of hydrogen-bond donors (Lipinski definition) is 0. The van der Waals surface area contributed by atoms with Crippen molar-refractivity contribution in [1.29, 1.82) is 0 Å². The molecule has 0 fully saturated rings. The molecule has 0 radical (unpaired) electrons. The quantitative estimate of drug-likeness (QED) is 0.415. The predicted molar refractivity (Wildman–Crippen MR) is 79.7 cm³/mol. The number of benzene rings is 1. The fourth-order valence-electron chi connectivity index (χ4n) is 1.12. The molecular formula is C12H13F3INOS. The summed E-state index contributed by atoms with van der Waals surface area (Å²) in [5, 5.41) is 0. The van der Waals surface area contributed by atoms with E-state index in [-0.39, 0.29) is 5.56 Å². The maximum absolute atomic E-state index is 12.6. The first kappa shape index (κ1) is 16.8. The van der Waals surface area contributed by atoms with Crippen LogP contribution in [0.4, 0.5) is 13.2 Å². The van der Waals surface area contributed by atoms with Gasteiger partial charge >= 0.3 is 6.18 Å². The summed E-state index contributed by atoms with van der Waals surface area (Å²) in [6, 6.07) is 3.60. The fourth-order valence-corrected chi connectivity index (χ4v) is 2.35. The Balaban J connectivity index is 3.03. The molecule has 1 rings (SSSR count). The number of alkyl halides is 3. The third kappa shape index (κ3) is 5.31. The summed E-state index contributed by atoms with van der Waals surface area (Å²) in [4.78, 5) is 0. The molecule has 2 nitrogen and oxygen atoms in total. The van der Waals surface area contributed by atoms with E-state index in [2.05, 4.69) is 4.40 Å². The number of rotatable bonds is 2. The second kappa shape index (κ2) is 6.01. The summed E-state index contributed by atoms with van der Waals surface area (Å²) in [7, 11) is 0. The third-order valence-electron chi connectivity index (χ3n) is 2.07. The molecule has 0 bridgehead atoms. The molecule has 0 spiro atoms. The molecule has 0 aromatic heterocycles. The highest BCUT2D eigenvalue weighted by Gasteiger charge is 2.31. The molecule has 106 valence electrons. The highest BCUT2D eigenvalue weighted by atomic mass is 127.